The predicted molar refractivity (Wildman–Crippen MR) is 93.5 cm³/mol. The molecule has 0 bridgehead atoms. The number of aryl methyl sites for hydroxylation is 1. The van der Waals surface area contributed by atoms with Gasteiger partial charge in [-0.1, -0.05) is 30.3 Å². The Labute approximate surface area is 142 Å². The minimum absolute atomic E-state index is 0.0140. The Morgan fingerprint density at radius 1 is 1.17 bits per heavy atom. The van der Waals surface area contributed by atoms with Gasteiger partial charge in [0.25, 0.3) is 0 Å². The average molecular weight is 325 g/mol. The van der Waals surface area contributed by atoms with Crippen molar-refractivity contribution in [1.82, 2.24) is 5.32 Å². The van der Waals surface area contributed by atoms with E-state index in [9.17, 15) is 4.79 Å². The maximum atomic E-state index is 12.5. The number of hydrogen-bond acceptors (Lipinski definition) is 3. The molecule has 0 heterocycles. The molecule has 0 spiro atoms. The Balaban J connectivity index is 1.71. The van der Waals surface area contributed by atoms with Crippen LogP contribution in [-0.4, -0.2) is 20.1 Å². The fraction of sp³-hybridized carbons (Fsp3) is 0.350. The molecule has 0 saturated heterocycles. The fourth-order valence-electron chi connectivity index (χ4n) is 3.32. The second-order valence-corrected chi connectivity index (χ2v) is 6.07. The molecule has 0 aliphatic heterocycles. The van der Waals surface area contributed by atoms with Gasteiger partial charge < -0.3 is 14.8 Å². The number of benzene rings is 2. The maximum absolute atomic E-state index is 12.5. The lowest BCUT2D eigenvalue weighted by Crippen LogP contribution is -2.32. The van der Waals surface area contributed by atoms with Crippen LogP contribution < -0.4 is 14.8 Å². The van der Waals surface area contributed by atoms with Crippen molar-refractivity contribution < 1.29 is 14.3 Å². The van der Waals surface area contributed by atoms with E-state index >= 15 is 0 Å². The van der Waals surface area contributed by atoms with Crippen LogP contribution in [0.25, 0.3) is 0 Å². The van der Waals surface area contributed by atoms with Crippen molar-refractivity contribution in [2.24, 2.45) is 0 Å². The molecule has 1 aliphatic carbocycles. The first-order valence-electron chi connectivity index (χ1n) is 8.29. The lowest BCUT2D eigenvalue weighted by atomic mass is 9.87. The minimum Gasteiger partial charge on any atom is -0.497 e. The summed E-state index contributed by atoms with van der Waals surface area (Å²) in [5, 5.41) is 3.18. The molecule has 0 aromatic heterocycles. The minimum atomic E-state index is 0.0140. The Bertz CT molecular complexity index is 727. The Morgan fingerprint density at radius 3 is 2.79 bits per heavy atom. The summed E-state index contributed by atoms with van der Waals surface area (Å²) in [4.78, 5) is 12.5. The smallest absolute Gasteiger partial charge is 0.225 e. The third kappa shape index (κ3) is 3.53. The van der Waals surface area contributed by atoms with Crippen LogP contribution in [0.15, 0.2) is 42.5 Å². The normalized spacial score (nSPS) is 16.2. The number of fused-ring (bicyclic) bond motifs is 1. The lowest BCUT2D eigenvalue weighted by Gasteiger charge is -2.26. The van der Waals surface area contributed by atoms with Crippen molar-refractivity contribution in [2.75, 3.05) is 14.2 Å². The summed E-state index contributed by atoms with van der Waals surface area (Å²) in [6.45, 7) is 0. The van der Waals surface area contributed by atoms with Crippen LogP contribution in [0.2, 0.25) is 0 Å². The summed E-state index contributed by atoms with van der Waals surface area (Å²) in [5.41, 5.74) is 3.45. The van der Waals surface area contributed by atoms with Crippen molar-refractivity contribution in [3.63, 3.8) is 0 Å². The van der Waals surface area contributed by atoms with Crippen LogP contribution in [0.1, 0.15) is 35.6 Å². The van der Waals surface area contributed by atoms with Crippen molar-refractivity contribution in [3.05, 3.63) is 59.2 Å². The third-order valence-electron chi connectivity index (χ3n) is 4.55. The highest BCUT2D eigenvalue weighted by Crippen LogP contribution is 2.30. The highest BCUT2D eigenvalue weighted by atomic mass is 16.5. The summed E-state index contributed by atoms with van der Waals surface area (Å²) in [5.74, 6) is 1.41. The molecule has 2 aromatic rings. The van der Waals surface area contributed by atoms with Gasteiger partial charge in [-0.25, -0.2) is 0 Å². The van der Waals surface area contributed by atoms with E-state index < -0.39 is 0 Å². The molecular formula is C20H23NO3. The van der Waals surface area contributed by atoms with Gasteiger partial charge in [0.05, 0.1) is 26.7 Å². The second-order valence-electron chi connectivity index (χ2n) is 6.07. The number of carbonyl (C=O) groups is 1. The quantitative estimate of drug-likeness (QED) is 0.916. The molecule has 2 aromatic carbocycles. The summed E-state index contributed by atoms with van der Waals surface area (Å²) >= 11 is 0. The van der Waals surface area contributed by atoms with Crippen molar-refractivity contribution in [1.29, 1.82) is 0 Å². The zero-order chi connectivity index (χ0) is 16.9. The molecule has 24 heavy (non-hydrogen) atoms. The number of ether oxygens (including phenoxy) is 2. The fourth-order valence-corrected chi connectivity index (χ4v) is 3.32. The van der Waals surface area contributed by atoms with Gasteiger partial charge in [-0.15, -0.1) is 0 Å². The van der Waals surface area contributed by atoms with E-state index in [1.807, 2.05) is 18.2 Å². The molecule has 126 valence electrons. The van der Waals surface area contributed by atoms with Gasteiger partial charge >= 0.3 is 0 Å². The Kier molecular flexibility index (Phi) is 5.04. The standard InChI is InChI=1S/C20H23NO3/c1-23-16-11-10-15(19(13-16)24-2)12-20(22)21-18-9-5-7-14-6-3-4-8-17(14)18/h3-4,6,8,10-11,13,18H,5,7,9,12H2,1-2H3,(H,21,22)/t18-/m1/s1. The SMILES string of the molecule is COc1ccc(CC(=O)N[C@@H]2CCCc3ccccc32)c(OC)c1. The highest BCUT2D eigenvalue weighted by Gasteiger charge is 2.21. The molecule has 3 rings (SSSR count). The molecular weight excluding hydrogens is 302 g/mol. The summed E-state index contributed by atoms with van der Waals surface area (Å²) in [6.07, 6.45) is 3.48. The summed E-state index contributed by atoms with van der Waals surface area (Å²) in [6, 6.07) is 14.0. The van der Waals surface area contributed by atoms with Crippen LogP contribution in [-0.2, 0) is 17.6 Å². The first-order valence-corrected chi connectivity index (χ1v) is 8.29. The van der Waals surface area contributed by atoms with E-state index in [-0.39, 0.29) is 11.9 Å². The number of nitrogens with one attached hydrogen (secondary N) is 1. The first kappa shape index (κ1) is 16.4. The predicted octanol–water partition coefficient (Wildman–Crippen LogP) is 3.44. The Morgan fingerprint density at radius 2 is 2.00 bits per heavy atom. The van der Waals surface area contributed by atoms with Crippen LogP contribution in [0, 0.1) is 0 Å². The molecule has 0 saturated carbocycles. The topological polar surface area (TPSA) is 47.6 Å². The van der Waals surface area contributed by atoms with Crippen molar-refractivity contribution in [3.8, 4) is 11.5 Å². The van der Waals surface area contributed by atoms with Crippen molar-refractivity contribution in [2.45, 2.75) is 31.7 Å². The van der Waals surface area contributed by atoms with E-state index in [1.165, 1.54) is 11.1 Å². The van der Waals surface area contributed by atoms with Crippen molar-refractivity contribution >= 4 is 5.91 Å². The van der Waals surface area contributed by atoms with E-state index in [1.54, 1.807) is 20.3 Å². The third-order valence-corrected chi connectivity index (χ3v) is 4.55. The van der Waals surface area contributed by atoms with E-state index in [4.69, 9.17) is 9.47 Å². The Hall–Kier alpha value is -2.49. The first-order chi connectivity index (χ1) is 11.7. The van der Waals surface area contributed by atoms with Gasteiger partial charge in [0.15, 0.2) is 0 Å². The molecule has 1 aliphatic rings. The zero-order valence-corrected chi connectivity index (χ0v) is 14.2. The highest BCUT2D eigenvalue weighted by molar-refractivity contribution is 5.80. The molecule has 0 fully saturated rings. The van der Waals surface area contributed by atoms with Crippen LogP contribution in [0.4, 0.5) is 0 Å². The van der Waals surface area contributed by atoms with Gasteiger partial charge in [-0.2, -0.15) is 0 Å². The molecule has 0 radical (unpaired) electrons. The van der Waals surface area contributed by atoms with E-state index in [0.29, 0.717) is 12.2 Å². The molecule has 1 amide bonds. The van der Waals surface area contributed by atoms with Gasteiger partial charge in [-0.05, 0) is 36.5 Å². The zero-order valence-electron chi connectivity index (χ0n) is 14.2. The molecule has 4 heteroatoms. The van der Waals surface area contributed by atoms with Gasteiger partial charge in [-0.3, -0.25) is 4.79 Å². The molecule has 0 unspecified atom stereocenters. The van der Waals surface area contributed by atoms with E-state index in [0.717, 1.165) is 30.6 Å². The number of rotatable bonds is 5. The number of carbonyl (C=O) groups excluding carboxylic acids is 1. The number of methoxy groups -OCH3 is 2. The number of amides is 1. The van der Waals surface area contributed by atoms with Gasteiger partial charge in [0, 0.05) is 11.6 Å². The summed E-state index contributed by atoms with van der Waals surface area (Å²) < 4.78 is 10.6. The van der Waals surface area contributed by atoms with Gasteiger partial charge in [0.2, 0.25) is 5.91 Å². The maximum Gasteiger partial charge on any atom is 0.225 e. The summed E-state index contributed by atoms with van der Waals surface area (Å²) in [7, 11) is 3.22. The van der Waals surface area contributed by atoms with Crippen LogP contribution in [0.3, 0.4) is 0 Å². The molecule has 1 N–H and O–H groups in total. The van der Waals surface area contributed by atoms with Crippen LogP contribution >= 0.6 is 0 Å². The largest absolute Gasteiger partial charge is 0.497 e. The second kappa shape index (κ2) is 7.39. The monoisotopic (exact) mass is 325 g/mol. The molecule has 1 atom stereocenters. The number of hydrogen-bond donors (Lipinski definition) is 1. The van der Waals surface area contributed by atoms with Crippen LogP contribution in [0.5, 0.6) is 11.5 Å². The molecule has 4 nitrogen and oxygen atoms in total. The van der Waals surface area contributed by atoms with Gasteiger partial charge in [0.1, 0.15) is 11.5 Å². The lowest BCUT2D eigenvalue weighted by molar-refractivity contribution is -0.121. The van der Waals surface area contributed by atoms with E-state index in [2.05, 4.69) is 23.5 Å². The average Bonchev–Trinajstić information content (AvgIpc) is 2.62.